The van der Waals surface area contributed by atoms with E-state index in [1.807, 2.05) is 0 Å². The Bertz CT molecular complexity index is 1120. The van der Waals surface area contributed by atoms with E-state index in [-0.39, 0.29) is 37.7 Å². The largest absolute Gasteiger partial charge is 0.474 e. The smallest absolute Gasteiger partial charge is 0.287 e. The first-order valence-corrected chi connectivity index (χ1v) is 44.2. The summed E-state index contributed by atoms with van der Waals surface area (Å²) in [7, 11) is -3.52. The Kier molecular flexibility index (Phi) is 89.7. The van der Waals surface area contributed by atoms with Crippen LogP contribution in [0.15, 0.2) is 0 Å². The molecule has 0 spiro atoms. The molecule has 0 rings (SSSR count). The molecule has 90 heavy (non-hydrogen) atoms. The minimum Gasteiger partial charge on any atom is -0.287 e. The topological polar surface area (TPSA) is 44.8 Å². The summed E-state index contributed by atoms with van der Waals surface area (Å²) in [5.74, 6) is 0. The van der Waals surface area contributed by atoms with E-state index in [0.717, 1.165) is 38.5 Å². The van der Waals surface area contributed by atoms with Crippen molar-refractivity contribution in [2.45, 2.75) is 522 Å². The normalized spacial score (nSPS) is 11.9. The maximum Gasteiger partial charge on any atom is 0.474 e. The zero-order chi connectivity index (χ0) is 63.9. The van der Waals surface area contributed by atoms with Crippen LogP contribution in [0, 0.1) is 0 Å². The maximum absolute atomic E-state index is 13.9. The predicted molar refractivity (Wildman–Crippen MR) is 408 cm³/mol. The van der Waals surface area contributed by atoms with Crippen LogP contribution in [0.3, 0.4) is 0 Å². The van der Waals surface area contributed by atoms with Crippen LogP contribution < -0.4 is 0 Å². The molecular weight excluding hydrogens is 1140 g/mol. The summed E-state index contributed by atoms with van der Waals surface area (Å²) in [4.78, 5) is 0. The number of hydrogen-bond donors (Lipinski definition) is 0. The minimum atomic E-state index is -3.52. The van der Waals surface area contributed by atoms with Gasteiger partial charge in [-0.15, -0.1) is 0 Å². The van der Waals surface area contributed by atoms with Gasteiger partial charge in [-0.1, -0.05) is 502 Å². The molecule has 4 nitrogen and oxygen atoms in total. The van der Waals surface area contributed by atoms with Crippen molar-refractivity contribution in [2.75, 3.05) is 19.8 Å². The number of rotatable bonds is 84. The predicted octanol–water partition coefficient (Wildman–Crippen LogP) is 32.3. The summed E-state index contributed by atoms with van der Waals surface area (Å²) in [6.45, 7) is 8.38. The van der Waals surface area contributed by atoms with Crippen LogP contribution in [0.5, 0.6) is 0 Å². The quantitative estimate of drug-likeness (QED) is 0.0346. The third kappa shape index (κ3) is 83.6. The molecule has 0 amide bonds. The summed E-state index contributed by atoms with van der Waals surface area (Å²) < 4.78 is 31.9. The molecule has 0 N–H and O–H groups in total. The van der Waals surface area contributed by atoms with Crippen LogP contribution in [0.4, 0.5) is 0 Å². The van der Waals surface area contributed by atoms with Gasteiger partial charge in [0.2, 0.25) is 0 Å². The molecule has 0 aliphatic carbocycles. The third-order valence-electron chi connectivity index (χ3n) is 20.2. The molecule has 0 aliphatic heterocycles. The van der Waals surface area contributed by atoms with Gasteiger partial charge in [0.1, 0.15) is 0 Å². The van der Waals surface area contributed by atoms with Crippen molar-refractivity contribution in [3.8, 4) is 0 Å². The zero-order valence-corrected chi connectivity index (χ0v) is 66.2. The van der Waals surface area contributed by atoms with Crippen LogP contribution in [0.1, 0.15) is 522 Å². The molecule has 0 bridgehead atoms. The molecule has 0 aromatic rings. The van der Waals surface area contributed by atoms with E-state index < -0.39 is 7.82 Å². The molecule has 0 unspecified atom stereocenters. The molecule has 2 radical (unpaired) electrons. The van der Waals surface area contributed by atoms with Crippen molar-refractivity contribution < 1.29 is 18.1 Å². The molecule has 0 heterocycles. The molecular formula is C84H171CaO4P. The maximum atomic E-state index is 13.9. The van der Waals surface area contributed by atoms with Gasteiger partial charge in [0.05, 0.1) is 19.8 Å². The second-order valence-electron chi connectivity index (χ2n) is 29.5. The number of phosphoric acid groups is 1. The first-order valence-electron chi connectivity index (χ1n) is 42.7. The molecule has 538 valence electrons. The van der Waals surface area contributed by atoms with Gasteiger partial charge in [0.25, 0.3) is 0 Å². The van der Waals surface area contributed by atoms with E-state index >= 15 is 0 Å². The molecule has 0 aliphatic rings. The summed E-state index contributed by atoms with van der Waals surface area (Å²) in [5.41, 5.74) is 0. The Labute approximate surface area is 600 Å². The molecule has 0 fully saturated rings. The molecule has 0 saturated heterocycles. The molecule has 0 atom stereocenters. The average molecular weight is 1320 g/mol. The molecule has 0 saturated carbocycles. The Balaban J connectivity index is 0. The fourth-order valence-electron chi connectivity index (χ4n) is 13.9. The fraction of sp³-hybridized carbons (Fsp3) is 1.00. The van der Waals surface area contributed by atoms with Crippen molar-refractivity contribution in [2.24, 2.45) is 0 Å². The summed E-state index contributed by atoms with van der Waals surface area (Å²) in [6.07, 6.45) is 109. The van der Waals surface area contributed by atoms with Gasteiger partial charge in [0.15, 0.2) is 0 Å². The minimum absolute atomic E-state index is 0. The van der Waals surface area contributed by atoms with E-state index in [9.17, 15) is 4.57 Å². The van der Waals surface area contributed by atoms with Crippen molar-refractivity contribution in [1.29, 1.82) is 0 Å². The van der Waals surface area contributed by atoms with Gasteiger partial charge in [-0.2, -0.15) is 0 Å². The van der Waals surface area contributed by atoms with Gasteiger partial charge < -0.3 is 0 Å². The van der Waals surface area contributed by atoms with Gasteiger partial charge in [-0.05, 0) is 19.3 Å². The van der Waals surface area contributed by atoms with E-state index in [1.54, 1.807) is 0 Å². The van der Waals surface area contributed by atoms with E-state index in [0.29, 0.717) is 19.8 Å². The summed E-state index contributed by atoms with van der Waals surface area (Å²) in [6, 6.07) is 0. The first kappa shape index (κ1) is 93.4. The standard InChI is InChI=1S/C84H171O4P.Ca/c1-4-7-10-13-16-19-22-25-28-31-34-37-40-43-46-49-52-55-58-61-64-67-70-73-76-79-82-86-89(85,87-83-80-77-74-71-68-65-62-59-56-53-50-47-44-41-38-35-32-29-26-23-20-17-14-11-8-5-2)88-84-81-78-75-72-69-66-63-60-57-54-51-48-45-42-39-36-33-30-27-24-21-18-15-12-9-6-3;/h4-84H2,1-3H3;. The Morgan fingerprint density at radius 3 is 0.311 bits per heavy atom. The van der Waals surface area contributed by atoms with Gasteiger partial charge in [-0.25, -0.2) is 4.57 Å². The third-order valence-corrected chi connectivity index (χ3v) is 21.7. The van der Waals surface area contributed by atoms with Crippen LogP contribution in [-0.4, -0.2) is 57.6 Å². The SMILES string of the molecule is CCCCCCCCCCCCCCCCCCCCCCCCCCCCOP(=O)(OCCCCCCCCCCCCCCCCCCCCCCCCCCCC)OCCCCCCCCCCCCCCCCCCCCCCCCCCCC.[Ca]. The summed E-state index contributed by atoms with van der Waals surface area (Å²) in [5, 5.41) is 0. The van der Waals surface area contributed by atoms with Crippen LogP contribution >= 0.6 is 7.82 Å². The van der Waals surface area contributed by atoms with Gasteiger partial charge >= 0.3 is 7.82 Å². The van der Waals surface area contributed by atoms with Crippen molar-refractivity contribution in [1.82, 2.24) is 0 Å². The van der Waals surface area contributed by atoms with E-state index in [2.05, 4.69) is 20.8 Å². The van der Waals surface area contributed by atoms with Crippen LogP contribution in [0.25, 0.3) is 0 Å². The van der Waals surface area contributed by atoms with Crippen molar-refractivity contribution >= 4 is 45.6 Å². The molecule has 0 aromatic carbocycles. The fourth-order valence-corrected chi connectivity index (χ4v) is 15.2. The van der Waals surface area contributed by atoms with Crippen LogP contribution in [-0.2, 0) is 18.1 Å². The number of unbranched alkanes of at least 4 members (excludes halogenated alkanes) is 75. The van der Waals surface area contributed by atoms with Crippen molar-refractivity contribution in [3.05, 3.63) is 0 Å². The molecule has 6 heteroatoms. The van der Waals surface area contributed by atoms with Crippen LogP contribution in [0.2, 0.25) is 0 Å². The molecule has 0 aromatic heterocycles. The second kappa shape index (κ2) is 86.5. The second-order valence-corrected chi connectivity index (χ2v) is 31.1. The van der Waals surface area contributed by atoms with E-state index in [1.165, 1.54) is 462 Å². The Morgan fingerprint density at radius 1 is 0.144 bits per heavy atom. The first-order chi connectivity index (χ1) is 44.2. The number of phosphoric ester groups is 1. The summed E-state index contributed by atoms with van der Waals surface area (Å²) >= 11 is 0. The van der Waals surface area contributed by atoms with E-state index in [4.69, 9.17) is 13.6 Å². The van der Waals surface area contributed by atoms with Crippen molar-refractivity contribution in [3.63, 3.8) is 0 Å². The Hall–Kier alpha value is 1.37. The number of hydrogen-bond acceptors (Lipinski definition) is 4. The monoisotopic (exact) mass is 1320 g/mol. The Morgan fingerprint density at radius 2 is 0.222 bits per heavy atom. The van der Waals surface area contributed by atoms with Gasteiger partial charge in [0, 0.05) is 37.7 Å². The van der Waals surface area contributed by atoms with Gasteiger partial charge in [-0.3, -0.25) is 13.6 Å². The average Bonchev–Trinajstić information content (AvgIpc) is 3.73. The zero-order valence-electron chi connectivity index (χ0n) is 63.1.